The van der Waals surface area contributed by atoms with E-state index in [9.17, 15) is 0 Å². The Labute approximate surface area is 94.8 Å². The van der Waals surface area contributed by atoms with E-state index in [0.717, 1.165) is 29.6 Å². The Balaban J connectivity index is 1.72. The van der Waals surface area contributed by atoms with Gasteiger partial charge in [0.1, 0.15) is 0 Å². The monoisotopic (exact) mass is 206 g/mol. The SMILES string of the molecule is C[C@H]1CC[C@H]2[C@H](CC[C@H]3CCCC[C@@H]32)C1. The van der Waals surface area contributed by atoms with E-state index in [4.69, 9.17) is 0 Å². The van der Waals surface area contributed by atoms with Gasteiger partial charge in [-0.25, -0.2) is 0 Å². The number of hydrogen-bond donors (Lipinski definition) is 0. The highest BCUT2D eigenvalue weighted by Gasteiger charge is 2.41. The van der Waals surface area contributed by atoms with Gasteiger partial charge >= 0.3 is 0 Å². The summed E-state index contributed by atoms with van der Waals surface area (Å²) in [5.41, 5.74) is 0. The van der Waals surface area contributed by atoms with Crippen molar-refractivity contribution in [1.82, 2.24) is 0 Å². The van der Waals surface area contributed by atoms with Crippen molar-refractivity contribution in [3.05, 3.63) is 0 Å². The van der Waals surface area contributed by atoms with E-state index < -0.39 is 0 Å². The molecule has 0 aromatic rings. The van der Waals surface area contributed by atoms with Crippen LogP contribution in [0.15, 0.2) is 0 Å². The molecule has 3 fully saturated rings. The Kier molecular flexibility index (Phi) is 2.79. The van der Waals surface area contributed by atoms with Crippen molar-refractivity contribution < 1.29 is 0 Å². The molecule has 0 N–H and O–H groups in total. The molecule has 5 atom stereocenters. The van der Waals surface area contributed by atoms with Gasteiger partial charge in [-0.15, -0.1) is 0 Å². The van der Waals surface area contributed by atoms with Crippen LogP contribution in [0.1, 0.15) is 64.7 Å². The van der Waals surface area contributed by atoms with Crippen LogP contribution in [0.2, 0.25) is 0 Å². The number of hydrogen-bond acceptors (Lipinski definition) is 0. The van der Waals surface area contributed by atoms with E-state index in [1.165, 1.54) is 12.8 Å². The van der Waals surface area contributed by atoms with Crippen molar-refractivity contribution in [3.8, 4) is 0 Å². The number of rotatable bonds is 0. The van der Waals surface area contributed by atoms with E-state index >= 15 is 0 Å². The fourth-order valence-corrected chi connectivity index (χ4v) is 5.00. The Morgan fingerprint density at radius 3 is 2.33 bits per heavy atom. The van der Waals surface area contributed by atoms with E-state index in [-0.39, 0.29) is 0 Å². The van der Waals surface area contributed by atoms with E-state index in [1.807, 2.05) is 0 Å². The first kappa shape index (κ1) is 10.2. The molecule has 3 saturated carbocycles. The molecule has 0 heteroatoms. The highest BCUT2D eigenvalue weighted by molar-refractivity contribution is 4.92. The fraction of sp³-hybridized carbons (Fsp3) is 1.00. The van der Waals surface area contributed by atoms with Crippen LogP contribution in [0.3, 0.4) is 0 Å². The predicted octanol–water partition coefficient (Wildman–Crippen LogP) is 4.64. The minimum Gasteiger partial charge on any atom is -0.0625 e. The highest BCUT2D eigenvalue weighted by atomic mass is 14.5. The van der Waals surface area contributed by atoms with Gasteiger partial charge in [-0.1, -0.05) is 32.6 Å². The average molecular weight is 206 g/mol. The van der Waals surface area contributed by atoms with Gasteiger partial charge < -0.3 is 0 Å². The molecule has 0 aliphatic heterocycles. The maximum atomic E-state index is 2.48. The van der Waals surface area contributed by atoms with Crippen LogP contribution < -0.4 is 0 Å². The molecule has 0 heterocycles. The third kappa shape index (κ3) is 1.85. The van der Waals surface area contributed by atoms with Crippen molar-refractivity contribution >= 4 is 0 Å². The lowest BCUT2D eigenvalue weighted by molar-refractivity contribution is 0.0144. The lowest BCUT2D eigenvalue weighted by Gasteiger charge is -2.49. The first-order chi connectivity index (χ1) is 7.34. The maximum Gasteiger partial charge on any atom is -0.0355 e. The van der Waals surface area contributed by atoms with Gasteiger partial charge in [0.15, 0.2) is 0 Å². The molecule has 0 nitrogen and oxygen atoms in total. The summed E-state index contributed by atoms with van der Waals surface area (Å²) >= 11 is 0. The lowest BCUT2D eigenvalue weighted by atomic mass is 9.57. The predicted molar refractivity (Wildman–Crippen MR) is 64.7 cm³/mol. The molecule has 0 spiro atoms. The lowest BCUT2D eigenvalue weighted by Crippen LogP contribution is -2.39. The molecule has 0 amide bonds. The summed E-state index contributed by atoms with van der Waals surface area (Å²) in [7, 11) is 0. The van der Waals surface area contributed by atoms with Crippen LogP contribution >= 0.6 is 0 Å². The molecule has 0 bridgehead atoms. The Bertz CT molecular complexity index is 220. The zero-order valence-electron chi connectivity index (χ0n) is 10.3. The molecule has 3 aliphatic carbocycles. The molecule has 86 valence electrons. The Morgan fingerprint density at radius 1 is 0.667 bits per heavy atom. The number of fused-ring (bicyclic) bond motifs is 3. The van der Waals surface area contributed by atoms with Crippen LogP contribution in [-0.2, 0) is 0 Å². The van der Waals surface area contributed by atoms with E-state index in [1.54, 1.807) is 44.9 Å². The van der Waals surface area contributed by atoms with Gasteiger partial charge in [-0.05, 0) is 61.7 Å². The highest BCUT2D eigenvalue weighted by Crippen LogP contribution is 2.52. The second-order valence-electron chi connectivity index (χ2n) is 6.63. The Hall–Kier alpha value is 0. The van der Waals surface area contributed by atoms with Gasteiger partial charge in [0.25, 0.3) is 0 Å². The van der Waals surface area contributed by atoms with E-state index in [0.29, 0.717) is 0 Å². The van der Waals surface area contributed by atoms with E-state index in [2.05, 4.69) is 6.92 Å². The van der Waals surface area contributed by atoms with Gasteiger partial charge in [-0.2, -0.15) is 0 Å². The second-order valence-corrected chi connectivity index (χ2v) is 6.63. The quantitative estimate of drug-likeness (QED) is 0.541. The Morgan fingerprint density at radius 2 is 1.40 bits per heavy atom. The summed E-state index contributed by atoms with van der Waals surface area (Å²) in [5.74, 6) is 5.62. The van der Waals surface area contributed by atoms with Crippen LogP contribution in [0.5, 0.6) is 0 Å². The topological polar surface area (TPSA) is 0 Å². The summed E-state index contributed by atoms with van der Waals surface area (Å²) in [6.07, 6.45) is 14.1. The average Bonchev–Trinajstić information content (AvgIpc) is 2.28. The van der Waals surface area contributed by atoms with Gasteiger partial charge in [0.2, 0.25) is 0 Å². The molecule has 0 aromatic carbocycles. The van der Waals surface area contributed by atoms with Crippen LogP contribution in [0.4, 0.5) is 0 Å². The van der Waals surface area contributed by atoms with Crippen molar-refractivity contribution in [3.63, 3.8) is 0 Å². The molecular formula is C15H26. The van der Waals surface area contributed by atoms with Crippen molar-refractivity contribution in [2.45, 2.75) is 64.7 Å². The van der Waals surface area contributed by atoms with Crippen molar-refractivity contribution in [2.75, 3.05) is 0 Å². The standard InChI is InChI=1S/C15H26/c1-11-6-9-15-13(10-11)8-7-12-4-2-3-5-14(12)15/h11-15H,2-10H2,1H3/t11-,12+,13+,14-,15-/m0/s1. The van der Waals surface area contributed by atoms with Gasteiger partial charge in [0, 0.05) is 0 Å². The molecule has 0 radical (unpaired) electrons. The molecule has 3 rings (SSSR count). The molecule has 15 heavy (non-hydrogen) atoms. The zero-order valence-corrected chi connectivity index (χ0v) is 10.3. The molecular weight excluding hydrogens is 180 g/mol. The smallest absolute Gasteiger partial charge is 0.0355 e. The first-order valence-corrected chi connectivity index (χ1v) is 7.34. The molecule has 3 aliphatic rings. The van der Waals surface area contributed by atoms with Gasteiger partial charge in [0.05, 0.1) is 0 Å². The summed E-state index contributed by atoms with van der Waals surface area (Å²) in [4.78, 5) is 0. The largest absolute Gasteiger partial charge is 0.0625 e. The maximum absolute atomic E-state index is 2.48. The van der Waals surface area contributed by atoms with Crippen molar-refractivity contribution in [1.29, 1.82) is 0 Å². The van der Waals surface area contributed by atoms with Crippen molar-refractivity contribution in [2.24, 2.45) is 29.6 Å². The summed E-state index contributed by atoms with van der Waals surface area (Å²) < 4.78 is 0. The zero-order chi connectivity index (χ0) is 10.3. The fourth-order valence-electron chi connectivity index (χ4n) is 5.00. The third-order valence-electron chi connectivity index (χ3n) is 5.73. The minimum absolute atomic E-state index is 1.03. The molecule has 0 saturated heterocycles. The van der Waals surface area contributed by atoms with Gasteiger partial charge in [-0.3, -0.25) is 0 Å². The third-order valence-corrected chi connectivity index (χ3v) is 5.73. The summed E-state index contributed by atoms with van der Waals surface area (Å²) in [6.45, 7) is 2.48. The molecule has 0 unspecified atom stereocenters. The summed E-state index contributed by atoms with van der Waals surface area (Å²) in [5, 5.41) is 0. The molecule has 0 aromatic heterocycles. The van der Waals surface area contributed by atoms with Crippen LogP contribution in [-0.4, -0.2) is 0 Å². The second kappa shape index (κ2) is 4.11. The summed E-state index contributed by atoms with van der Waals surface area (Å²) in [6, 6.07) is 0. The van der Waals surface area contributed by atoms with Crippen LogP contribution in [0.25, 0.3) is 0 Å². The van der Waals surface area contributed by atoms with Crippen LogP contribution in [0, 0.1) is 29.6 Å². The first-order valence-electron chi connectivity index (χ1n) is 7.34. The minimum atomic E-state index is 1.03. The normalized spacial score (nSPS) is 50.6.